The number of halogens is 3. The molecular formula is C19H14F3N5OS. The molecule has 2 aliphatic rings. The first-order valence-electron chi connectivity index (χ1n) is 8.63. The van der Waals surface area contributed by atoms with Gasteiger partial charge in [-0.1, -0.05) is 11.8 Å². The van der Waals surface area contributed by atoms with Gasteiger partial charge in [0.15, 0.2) is 16.8 Å². The van der Waals surface area contributed by atoms with Crippen LogP contribution in [-0.2, 0) is 5.54 Å². The van der Waals surface area contributed by atoms with Crippen LogP contribution < -0.4 is 11.1 Å². The second-order valence-electron chi connectivity index (χ2n) is 6.82. The van der Waals surface area contributed by atoms with Crippen LogP contribution >= 0.6 is 11.8 Å². The largest absolute Gasteiger partial charge is 0.379 e. The van der Waals surface area contributed by atoms with Gasteiger partial charge in [-0.15, -0.1) is 0 Å². The molecule has 4 rings (SSSR count). The maximum absolute atomic E-state index is 14.6. The lowest BCUT2D eigenvalue weighted by Crippen LogP contribution is -2.37. The summed E-state index contributed by atoms with van der Waals surface area (Å²) in [6.07, 6.45) is 1.81. The van der Waals surface area contributed by atoms with Gasteiger partial charge < -0.3 is 11.1 Å². The number of nitrogens with two attached hydrogens (primary N) is 1. The van der Waals surface area contributed by atoms with Crippen LogP contribution in [0.3, 0.4) is 0 Å². The molecule has 2 heterocycles. The third-order valence-corrected chi connectivity index (χ3v) is 6.17. The SMILES string of the molecule is N#Cc1ccc(C(=O)Nc2cc(F)c(F)c([C@@]3(CF)N=C(N)SC4C[C@H]43)c2)nc1. The number of nitrogens with zero attached hydrogens (tertiary/aromatic N) is 3. The Morgan fingerprint density at radius 3 is 2.86 bits per heavy atom. The van der Waals surface area contributed by atoms with Crippen LogP contribution in [0.1, 0.15) is 28.0 Å². The zero-order valence-electron chi connectivity index (χ0n) is 14.8. The smallest absolute Gasteiger partial charge is 0.274 e. The number of rotatable bonds is 4. The molecule has 29 heavy (non-hydrogen) atoms. The number of nitriles is 1. The van der Waals surface area contributed by atoms with Crippen molar-refractivity contribution in [3.05, 3.63) is 58.9 Å². The highest BCUT2D eigenvalue weighted by molar-refractivity contribution is 8.14. The van der Waals surface area contributed by atoms with Crippen LogP contribution in [-0.4, -0.2) is 28.0 Å². The van der Waals surface area contributed by atoms with Gasteiger partial charge in [0.25, 0.3) is 5.91 Å². The lowest BCUT2D eigenvalue weighted by molar-refractivity contribution is 0.102. The van der Waals surface area contributed by atoms with Crippen LogP contribution in [0.2, 0.25) is 0 Å². The van der Waals surface area contributed by atoms with E-state index >= 15 is 0 Å². The molecule has 1 fully saturated rings. The molecule has 1 saturated carbocycles. The van der Waals surface area contributed by atoms with Crippen molar-refractivity contribution in [3.8, 4) is 6.07 Å². The molecule has 1 amide bonds. The van der Waals surface area contributed by atoms with E-state index < -0.39 is 29.8 Å². The average molecular weight is 417 g/mol. The van der Waals surface area contributed by atoms with E-state index in [1.165, 1.54) is 36.2 Å². The number of aromatic nitrogens is 1. The van der Waals surface area contributed by atoms with Crippen LogP contribution in [0.5, 0.6) is 0 Å². The van der Waals surface area contributed by atoms with Crippen molar-refractivity contribution >= 4 is 28.5 Å². The minimum absolute atomic E-state index is 0.00630. The zero-order valence-corrected chi connectivity index (χ0v) is 15.6. The first-order valence-corrected chi connectivity index (χ1v) is 9.51. The number of anilines is 1. The van der Waals surface area contributed by atoms with Crippen molar-refractivity contribution in [2.45, 2.75) is 17.2 Å². The molecule has 1 aromatic carbocycles. The van der Waals surface area contributed by atoms with Crippen LogP contribution in [0.25, 0.3) is 0 Å². The van der Waals surface area contributed by atoms with Gasteiger partial charge in [0.2, 0.25) is 0 Å². The molecule has 3 atom stereocenters. The predicted octanol–water partition coefficient (Wildman–Crippen LogP) is 3.10. The molecule has 148 valence electrons. The van der Waals surface area contributed by atoms with E-state index in [0.29, 0.717) is 6.42 Å². The van der Waals surface area contributed by atoms with E-state index in [9.17, 15) is 18.0 Å². The summed E-state index contributed by atoms with van der Waals surface area (Å²) in [5.74, 6) is -3.44. The summed E-state index contributed by atoms with van der Waals surface area (Å²) >= 11 is 1.30. The summed E-state index contributed by atoms with van der Waals surface area (Å²) in [6.45, 7) is -1.04. The molecule has 1 aliphatic carbocycles. The number of alkyl halides is 1. The number of amidine groups is 1. The fraction of sp³-hybridized carbons (Fsp3) is 0.263. The van der Waals surface area contributed by atoms with Crippen molar-refractivity contribution in [2.75, 3.05) is 12.0 Å². The first-order chi connectivity index (χ1) is 13.9. The van der Waals surface area contributed by atoms with Crippen molar-refractivity contribution in [2.24, 2.45) is 16.6 Å². The number of nitrogens with one attached hydrogen (secondary N) is 1. The summed E-state index contributed by atoms with van der Waals surface area (Å²) in [7, 11) is 0. The maximum atomic E-state index is 14.6. The number of amides is 1. The molecular weight excluding hydrogens is 403 g/mol. The van der Waals surface area contributed by atoms with Gasteiger partial charge in [0.1, 0.15) is 24.0 Å². The van der Waals surface area contributed by atoms with Gasteiger partial charge >= 0.3 is 0 Å². The standard InChI is InChI=1S/C19H14F3N5OS/c20-8-19(11-5-15(11)29-18(24)27-19)12-3-10(4-13(21)16(12)22)26-17(28)14-2-1-9(6-23)7-25-14/h1-4,7,11,15H,5,8H2,(H2,24,27)(H,26,28)/t11-,15?,19+/m1/s1. The van der Waals surface area contributed by atoms with Gasteiger partial charge in [-0.3, -0.25) is 4.79 Å². The minimum Gasteiger partial charge on any atom is -0.379 e. The van der Waals surface area contributed by atoms with Crippen molar-refractivity contribution < 1.29 is 18.0 Å². The third kappa shape index (κ3) is 3.31. The van der Waals surface area contributed by atoms with E-state index in [1.807, 2.05) is 6.07 Å². The molecule has 10 heteroatoms. The Kier molecular flexibility index (Phi) is 4.70. The third-order valence-electron chi connectivity index (χ3n) is 5.01. The molecule has 0 bridgehead atoms. The second kappa shape index (κ2) is 7.08. The molecule has 1 aliphatic heterocycles. The van der Waals surface area contributed by atoms with Gasteiger partial charge in [-0.2, -0.15) is 5.26 Å². The molecule has 0 saturated heterocycles. The summed E-state index contributed by atoms with van der Waals surface area (Å²) in [5, 5.41) is 11.3. The topological polar surface area (TPSA) is 104 Å². The van der Waals surface area contributed by atoms with E-state index in [-0.39, 0.29) is 38.8 Å². The lowest BCUT2D eigenvalue weighted by Gasteiger charge is -2.31. The number of benzene rings is 1. The molecule has 3 N–H and O–H groups in total. The molecule has 6 nitrogen and oxygen atoms in total. The summed E-state index contributed by atoms with van der Waals surface area (Å²) in [5.41, 5.74) is 4.07. The first kappa shape index (κ1) is 19.3. The maximum Gasteiger partial charge on any atom is 0.274 e. The number of carbonyl (C=O) groups excluding carboxylic acids is 1. The summed E-state index contributed by atoms with van der Waals surface area (Å²) in [6, 6.07) is 6.60. The van der Waals surface area contributed by atoms with Crippen molar-refractivity contribution in [1.29, 1.82) is 5.26 Å². The van der Waals surface area contributed by atoms with E-state index in [4.69, 9.17) is 11.0 Å². The van der Waals surface area contributed by atoms with Gasteiger partial charge in [0, 0.05) is 34.7 Å². The number of fused-ring (bicyclic) bond motifs is 1. The summed E-state index contributed by atoms with van der Waals surface area (Å²) < 4.78 is 43.1. The minimum atomic E-state index is -1.61. The molecule has 2 aromatic rings. The van der Waals surface area contributed by atoms with Crippen LogP contribution in [0.4, 0.5) is 18.9 Å². The Balaban J connectivity index is 1.70. The number of thioether (sulfide) groups is 1. The normalized spacial score (nSPS) is 24.8. The predicted molar refractivity (Wildman–Crippen MR) is 102 cm³/mol. The van der Waals surface area contributed by atoms with E-state index in [2.05, 4.69) is 15.3 Å². The van der Waals surface area contributed by atoms with Crippen LogP contribution in [0.15, 0.2) is 35.5 Å². The monoisotopic (exact) mass is 417 g/mol. The zero-order chi connectivity index (χ0) is 20.8. The quantitative estimate of drug-likeness (QED) is 0.796. The highest BCUT2D eigenvalue weighted by atomic mass is 32.2. The second-order valence-corrected chi connectivity index (χ2v) is 8.08. The fourth-order valence-corrected chi connectivity index (χ4v) is 4.71. The Hall–Kier alpha value is -3.06. The Morgan fingerprint density at radius 2 is 2.21 bits per heavy atom. The number of hydrogen-bond acceptors (Lipinski definition) is 6. The van der Waals surface area contributed by atoms with Gasteiger partial charge in [-0.05, 0) is 24.6 Å². The van der Waals surface area contributed by atoms with Crippen molar-refractivity contribution in [3.63, 3.8) is 0 Å². The average Bonchev–Trinajstić information content (AvgIpc) is 3.49. The molecule has 0 spiro atoms. The lowest BCUT2D eigenvalue weighted by atomic mass is 9.85. The highest BCUT2D eigenvalue weighted by Crippen LogP contribution is 2.58. The Morgan fingerprint density at radius 1 is 1.41 bits per heavy atom. The van der Waals surface area contributed by atoms with Gasteiger partial charge in [-0.25, -0.2) is 23.1 Å². The van der Waals surface area contributed by atoms with Crippen LogP contribution in [0, 0.1) is 28.9 Å². The number of pyridine rings is 1. The Bertz CT molecular complexity index is 1070. The number of carbonyl (C=O) groups is 1. The number of hydrogen-bond donors (Lipinski definition) is 2. The van der Waals surface area contributed by atoms with E-state index in [1.54, 1.807) is 0 Å². The van der Waals surface area contributed by atoms with Crippen molar-refractivity contribution in [1.82, 2.24) is 4.98 Å². The number of aliphatic imine (C=N–C) groups is 1. The summed E-state index contributed by atoms with van der Waals surface area (Å²) in [4.78, 5) is 20.4. The molecule has 1 unspecified atom stereocenters. The molecule has 1 aromatic heterocycles. The highest BCUT2D eigenvalue weighted by Gasteiger charge is 2.58. The van der Waals surface area contributed by atoms with E-state index in [0.717, 1.165) is 6.07 Å². The van der Waals surface area contributed by atoms with Gasteiger partial charge in [0.05, 0.1) is 5.56 Å². The molecule has 0 radical (unpaired) electrons. The fourth-order valence-electron chi connectivity index (χ4n) is 3.49. The Labute approximate surface area is 168 Å².